The molecule has 0 radical (unpaired) electrons. The van der Waals surface area contributed by atoms with E-state index in [0.29, 0.717) is 38.3 Å². The number of hydrogen-bond acceptors (Lipinski definition) is 7. The molecule has 4 aromatic rings. The van der Waals surface area contributed by atoms with Crippen LogP contribution in [0.1, 0.15) is 34.0 Å². The Labute approximate surface area is 269 Å². The summed E-state index contributed by atoms with van der Waals surface area (Å²) in [5, 5.41) is 0. The van der Waals surface area contributed by atoms with Crippen LogP contribution in [0.5, 0.6) is 0 Å². The third-order valence-electron chi connectivity index (χ3n) is 8.43. The molecule has 1 unspecified atom stereocenters. The summed E-state index contributed by atoms with van der Waals surface area (Å²) in [5.74, 6) is -1.13. The Bertz CT molecular complexity index is 1990. The molecule has 9 nitrogen and oxygen atoms in total. The summed E-state index contributed by atoms with van der Waals surface area (Å²) in [4.78, 5) is 31.9. The van der Waals surface area contributed by atoms with Crippen molar-refractivity contribution in [3.63, 3.8) is 0 Å². The van der Waals surface area contributed by atoms with Crippen LogP contribution in [0.4, 0.5) is 23.2 Å². The van der Waals surface area contributed by atoms with Crippen LogP contribution in [0.25, 0.3) is 0 Å². The van der Waals surface area contributed by atoms with Gasteiger partial charge < -0.3 is 10.6 Å². The highest BCUT2D eigenvalue weighted by atomic mass is 32.2. The van der Waals surface area contributed by atoms with Gasteiger partial charge >= 0.3 is 11.9 Å². The minimum absolute atomic E-state index is 0.107. The summed E-state index contributed by atoms with van der Waals surface area (Å²) in [6.45, 7) is 2.52. The van der Waals surface area contributed by atoms with E-state index in [1.165, 1.54) is 13.0 Å². The van der Waals surface area contributed by atoms with E-state index in [2.05, 4.69) is 4.90 Å². The lowest BCUT2D eigenvalue weighted by atomic mass is 10.1. The van der Waals surface area contributed by atoms with Crippen molar-refractivity contribution >= 4 is 15.5 Å². The average molecular weight is 674 g/mol. The maximum absolute atomic E-state index is 15.0. The van der Waals surface area contributed by atoms with E-state index in [-0.39, 0.29) is 22.8 Å². The number of aromatic nitrogens is 2. The summed E-state index contributed by atoms with van der Waals surface area (Å²) in [5.41, 5.74) is 4.60. The number of alkyl halides is 3. The molecular formula is C33H35F4N5O4S. The largest absolute Gasteiger partial charge is 0.416 e. The van der Waals surface area contributed by atoms with Gasteiger partial charge in [0.2, 0.25) is 0 Å². The summed E-state index contributed by atoms with van der Waals surface area (Å²) in [6, 6.07) is 17.3. The highest BCUT2D eigenvalue weighted by Gasteiger charge is 2.35. The number of piperazine rings is 1. The maximum atomic E-state index is 15.0. The predicted octanol–water partition coefficient (Wildman–Crippen LogP) is 3.95. The van der Waals surface area contributed by atoms with Gasteiger partial charge in [0.15, 0.2) is 9.84 Å². The highest BCUT2D eigenvalue weighted by molar-refractivity contribution is 7.90. The molecule has 1 aromatic heterocycles. The van der Waals surface area contributed by atoms with Gasteiger partial charge in [-0.3, -0.25) is 18.8 Å². The van der Waals surface area contributed by atoms with Gasteiger partial charge in [0.05, 0.1) is 23.5 Å². The van der Waals surface area contributed by atoms with Crippen LogP contribution >= 0.6 is 0 Å². The predicted molar refractivity (Wildman–Crippen MR) is 171 cm³/mol. The molecule has 0 spiro atoms. The summed E-state index contributed by atoms with van der Waals surface area (Å²) < 4.78 is 82.6. The Morgan fingerprint density at radius 1 is 0.872 bits per heavy atom. The normalized spacial score (nSPS) is 15.2. The van der Waals surface area contributed by atoms with Crippen molar-refractivity contribution in [2.75, 3.05) is 37.3 Å². The molecule has 1 aliphatic heterocycles. The minimum Gasteiger partial charge on any atom is -0.363 e. The summed E-state index contributed by atoms with van der Waals surface area (Å²) in [7, 11) is -3.38. The van der Waals surface area contributed by atoms with E-state index in [4.69, 9.17) is 5.73 Å². The van der Waals surface area contributed by atoms with Gasteiger partial charge in [-0.25, -0.2) is 17.6 Å². The quantitative estimate of drug-likeness (QED) is 0.268. The van der Waals surface area contributed by atoms with Gasteiger partial charge in [-0.2, -0.15) is 13.2 Å². The Kier molecular flexibility index (Phi) is 9.75. The lowest BCUT2D eigenvalue weighted by Crippen LogP contribution is -2.51. The minimum atomic E-state index is -4.88. The zero-order valence-electron chi connectivity index (χ0n) is 25.9. The van der Waals surface area contributed by atoms with Gasteiger partial charge in [-0.05, 0) is 42.3 Å². The first-order valence-electron chi connectivity index (χ1n) is 14.9. The summed E-state index contributed by atoms with van der Waals surface area (Å²) >= 11 is 0. The molecule has 1 saturated heterocycles. The first-order chi connectivity index (χ1) is 22.1. The fourth-order valence-corrected chi connectivity index (χ4v) is 6.60. The molecule has 0 bridgehead atoms. The maximum Gasteiger partial charge on any atom is 0.416 e. The molecule has 3 aromatic carbocycles. The van der Waals surface area contributed by atoms with Crippen molar-refractivity contribution in [2.24, 2.45) is 5.73 Å². The van der Waals surface area contributed by atoms with E-state index >= 15 is 0 Å². The van der Waals surface area contributed by atoms with Crippen LogP contribution in [0.3, 0.4) is 0 Å². The molecule has 47 heavy (non-hydrogen) atoms. The van der Waals surface area contributed by atoms with Crippen molar-refractivity contribution in [1.29, 1.82) is 0 Å². The third-order valence-corrected chi connectivity index (χ3v) is 9.54. The van der Waals surface area contributed by atoms with E-state index < -0.39 is 56.8 Å². The number of benzene rings is 3. The smallest absolute Gasteiger partial charge is 0.363 e. The second kappa shape index (κ2) is 13.5. The Morgan fingerprint density at radius 2 is 1.53 bits per heavy atom. The molecule has 1 aliphatic rings. The number of sulfone groups is 1. The molecule has 0 saturated carbocycles. The lowest BCUT2D eigenvalue weighted by Gasteiger charge is -2.37. The topological polar surface area (TPSA) is 111 Å². The van der Waals surface area contributed by atoms with Crippen LogP contribution in [-0.2, 0) is 35.6 Å². The molecule has 1 fully saturated rings. The van der Waals surface area contributed by atoms with Crippen LogP contribution in [-0.4, -0.2) is 54.9 Å². The zero-order chi connectivity index (χ0) is 34.1. The number of nitrogens with two attached hydrogens (primary N) is 1. The molecule has 5 rings (SSSR count). The molecule has 250 valence electrons. The third kappa shape index (κ3) is 7.50. The zero-order valence-corrected chi connectivity index (χ0v) is 26.7. The fourth-order valence-electron chi connectivity index (χ4n) is 5.91. The monoisotopic (exact) mass is 673 g/mol. The van der Waals surface area contributed by atoms with Crippen molar-refractivity contribution in [3.8, 4) is 0 Å². The molecule has 0 amide bonds. The number of hydrogen-bond donors (Lipinski definition) is 1. The van der Waals surface area contributed by atoms with Crippen LogP contribution in [0.15, 0.2) is 87.3 Å². The van der Waals surface area contributed by atoms with E-state index in [0.717, 1.165) is 39.2 Å². The van der Waals surface area contributed by atoms with Gasteiger partial charge in [-0.1, -0.05) is 48.5 Å². The van der Waals surface area contributed by atoms with Crippen LogP contribution < -0.4 is 21.9 Å². The number of rotatable bonds is 9. The van der Waals surface area contributed by atoms with E-state index in [1.807, 2.05) is 6.07 Å². The highest BCUT2D eigenvalue weighted by Crippen LogP contribution is 2.33. The standard InChI is InChI=1S/C33H35F4N5O4S/c1-22-30(40-16-14-39(15-17-40)19-23-8-6-11-25(18-23)47(2,45)46)31(43)42(21-29(38)24-9-4-3-5-10-24)32(44)41(22)20-26-27(33(35,36)37)12-7-13-28(26)34/h3-13,18,29H,14-17,19-21,38H2,1-2H3. The lowest BCUT2D eigenvalue weighted by molar-refractivity contribution is -0.138. The second-order valence-electron chi connectivity index (χ2n) is 11.7. The molecule has 14 heteroatoms. The van der Waals surface area contributed by atoms with Gasteiger partial charge in [-0.15, -0.1) is 0 Å². The first-order valence-corrected chi connectivity index (χ1v) is 16.8. The van der Waals surface area contributed by atoms with E-state index in [9.17, 15) is 35.6 Å². The number of anilines is 1. The van der Waals surface area contributed by atoms with Gasteiger partial charge in [0.1, 0.15) is 11.5 Å². The van der Waals surface area contributed by atoms with Crippen molar-refractivity contribution < 1.29 is 26.0 Å². The first kappa shape index (κ1) is 34.1. The Morgan fingerprint density at radius 3 is 2.17 bits per heavy atom. The van der Waals surface area contributed by atoms with Crippen molar-refractivity contribution in [2.45, 2.75) is 43.7 Å². The number of nitrogens with zero attached hydrogens (tertiary/aromatic N) is 4. The molecule has 2 heterocycles. The second-order valence-corrected chi connectivity index (χ2v) is 13.7. The van der Waals surface area contributed by atoms with Gasteiger partial charge in [0.25, 0.3) is 5.56 Å². The fraction of sp³-hybridized carbons (Fsp3) is 0.333. The van der Waals surface area contributed by atoms with Crippen LogP contribution in [0, 0.1) is 12.7 Å². The van der Waals surface area contributed by atoms with Crippen LogP contribution in [0.2, 0.25) is 0 Å². The van der Waals surface area contributed by atoms with Crippen molar-refractivity contribution in [1.82, 2.24) is 14.0 Å². The summed E-state index contributed by atoms with van der Waals surface area (Å²) in [6.07, 6.45) is -3.73. The molecular weight excluding hydrogens is 638 g/mol. The average Bonchev–Trinajstić information content (AvgIpc) is 3.02. The molecule has 2 N–H and O–H groups in total. The Balaban J connectivity index is 1.51. The molecule has 1 atom stereocenters. The van der Waals surface area contributed by atoms with Crippen molar-refractivity contribution in [3.05, 3.63) is 127 Å². The number of halogens is 4. The van der Waals surface area contributed by atoms with E-state index in [1.54, 1.807) is 47.4 Å². The van der Waals surface area contributed by atoms with Gasteiger partial charge in [0, 0.05) is 56.3 Å². The Hall–Kier alpha value is -4.27. The molecule has 0 aliphatic carbocycles. The SMILES string of the molecule is Cc1c(N2CCN(Cc3cccc(S(C)(=O)=O)c3)CC2)c(=O)n(CC(N)c2ccccc2)c(=O)n1Cc1c(F)cccc1C(F)(F)F.